The second-order valence-corrected chi connectivity index (χ2v) is 8.72. The number of Topliss-reactive ketones (excluding diaryl/α,β-unsaturated/α-hetero) is 1. The highest BCUT2D eigenvalue weighted by molar-refractivity contribution is 6.31. The largest absolute Gasteiger partial charge is 0.427 e. The van der Waals surface area contributed by atoms with Gasteiger partial charge in [0.25, 0.3) is 0 Å². The van der Waals surface area contributed by atoms with Gasteiger partial charge >= 0.3 is 12.1 Å². The molecule has 2 rings (SSSR count). The minimum atomic E-state index is -1.19. The van der Waals surface area contributed by atoms with E-state index in [4.69, 9.17) is 21.1 Å². The highest BCUT2D eigenvalue weighted by Gasteiger charge is 2.48. The van der Waals surface area contributed by atoms with Crippen molar-refractivity contribution in [1.82, 2.24) is 9.80 Å². The van der Waals surface area contributed by atoms with E-state index in [9.17, 15) is 14.4 Å². The number of nitrogens with zero attached hydrogens (tertiary/aromatic N) is 2. The van der Waals surface area contributed by atoms with Crippen LogP contribution in [0.1, 0.15) is 51.5 Å². The third-order valence-electron chi connectivity index (χ3n) is 6.18. The molecule has 0 heterocycles. The molecule has 0 spiro atoms. The predicted molar refractivity (Wildman–Crippen MR) is 119 cm³/mol. The van der Waals surface area contributed by atoms with Crippen LogP contribution in [0.15, 0.2) is 24.3 Å². The number of benzene rings is 1. The summed E-state index contributed by atoms with van der Waals surface area (Å²) >= 11 is 6.41. The zero-order chi connectivity index (χ0) is 23.2. The van der Waals surface area contributed by atoms with Crippen molar-refractivity contribution in [3.63, 3.8) is 0 Å². The zero-order valence-corrected chi connectivity index (χ0v) is 19.8. The molecule has 0 aromatic heterocycles. The van der Waals surface area contributed by atoms with Crippen LogP contribution in [0.5, 0.6) is 0 Å². The number of likely N-dealkylation sites (N-methyl/N-ethyl adjacent to an activating group) is 2. The molecular weight excluding hydrogens is 420 g/mol. The molecule has 1 aromatic carbocycles. The van der Waals surface area contributed by atoms with Crippen molar-refractivity contribution in [1.29, 1.82) is 0 Å². The lowest BCUT2D eigenvalue weighted by molar-refractivity contribution is -0.160. The molecule has 8 heteroatoms. The van der Waals surface area contributed by atoms with Crippen molar-refractivity contribution >= 4 is 29.4 Å². The van der Waals surface area contributed by atoms with Crippen molar-refractivity contribution in [2.24, 2.45) is 5.92 Å². The average molecular weight is 453 g/mol. The number of ketones is 1. The van der Waals surface area contributed by atoms with Crippen molar-refractivity contribution < 1.29 is 23.9 Å². The van der Waals surface area contributed by atoms with Crippen LogP contribution in [0.3, 0.4) is 0 Å². The Morgan fingerprint density at radius 2 is 1.84 bits per heavy atom. The SMILES string of the molecule is CCC(C)C(C(=O)OCOC(=O)N(C)[C@]1(c2ccccc2Cl)CCCCC1=O)N(C)C. The Bertz CT molecular complexity index is 800. The lowest BCUT2D eigenvalue weighted by atomic mass is 9.74. The molecule has 0 saturated heterocycles. The summed E-state index contributed by atoms with van der Waals surface area (Å²) in [5.74, 6) is -0.443. The fourth-order valence-electron chi connectivity index (χ4n) is 4.28. The summed E-state index contributed by atoms with van der Waals surface area (Å²) in [4.78, 5) is 41.5. The number of hydrogen-bond acceptors (Lipinski definition) is 6. The van der Waals surface area contributed by atoms with Gasteiger partial charge in [-0.05, 0) is 45.3 Å². The first-order valence-corrected chi connectivity index (χ1v) is 11.1. The number of carbonyl (C=O) groups is 3. The molecule has 1 saturated carbocycles. The summed E-state index contributed by atoms with van der Waals surface area (Å²) in [5.41, 5.74) is -0.608. The Kier molecular flexibility index (Phi) is 8.89. The molecule has 1 aliphatic rings. The van der Waals surface area contributed by atoms with Gasteiger partial charge in [0.2, 0.25) is 6.79 Å². The summed E-state index contributed by atoms with van der Waals surface area (Å²) in [7, 11) is 5.14. The lowest BCUT2D eigenvalue weighted by Crippen LogP contribution is -2.54. The fraction of sp³-hybridized carbons (Fsp3) is 0.609. The van der Waals surface area contributed by atoms with E-state index in [0.29, 0.717) is 23.4 Å². The van der Waals surface area contributed by atoms with Gasteiger partial charge in [-0.15, -0.1) is 0 Å². The van der Waals surface area contributed by atoms with Crippen molar-refractivity contribution in [3.05, 3.63) is 34.9 Å². The number of rotatable bonds is 8. The number of esters is 1. The predicted octanol–water partition coefficient (Wildman–Crippen LogP) is 4.22. The summed E-state index contributed by atoms with van der Waals surface area (Å²) < 4.78 is 10.5. The number of carbonyl (C=O) groups excluding carboxylic acids is 3. The molecule has 1 fully saturated rings. The van der Waals surface area contributed by atoms with Gasteiger partial charge in [-0.1, -0.05) is 50.1 Å². The smallest absolute Gasteiger partial charge is 0.413 e. The summed E-state index contributed by atoms with van der Waals surface area (Å²) in [6.45, 7) is 3.45. The third-order valence-corrected chi connectivity index (χ3v) is 6.51. The van der Waals surface area contributed by atoms with Crippen LogP contribution in [0, 0.1) is 5.92 Å². The van der Waals surface area contributed by atoms with Gasteiger partial charge in [0.1, 0.15) is 11.6 Å². The Morgan fingerprint density at radius 3 is 2.42 bits per heavy atom. The van der Waals surface area contributed by atoms with Gasteiger partial charge in [-0.25, -0.2) is 4.79 Å². The zero-order valence-electron chi connectivity index (χ0n) is 19.0. The maximum atomic E-state index is 13.1. The number of ether oxygens (including phenoxy) is 2. The van der Waals surface area contributed by atoms with Gasteiger partial charge in [0.05, 0.1) is 0 Å². The molecule has 2 unspecified atom stereocenters. The minimum Gasteiger partial charge on any atom is -0.427 e. The van der Waals surface area contributed by atoms with Crippen LogP contribution < -0.4 is 0 Å². The quantitative estimate of drug-likeness (QED) is 0.434. The van der Waals surface area contributed by atoms with E-state index in [0.717, 1.165) is 19.3 Å². The number of hydrogen-bond donors (Lipinski definition) is 0. The molecule has 31 heavy (non-hydrogen) atoms. The minimum absolute atomic E-state index is 0.0762. The Hall–Kier alpha value is -2.12. The highest BCUT2D eigenvalue weighted by atomic mass is 35.5. The highest BCUT2D eigenvalue weighted by Crippen LogP contribution is 2.42. The molecule has 172 valence electrons. The standard InChI is InChI=1S/C23H33ClN2O5/c1-6-16(2)20(25(3)4)21(28)30-15-31-22(29)26(5)23(14-10-9-13-19(23)27)17-11-7-8-12-18(17)24/h7-8,11-12,16,20H,6,9-10,13-15H2,1-5H3/t16?,20?,23-/m0/s1. The van der Waals surface area contributed by atoms with E-state index in [2.05, 4.69) is 0 Å². The van der Waals surface area contributed by atoms with E-state index in [1.807, 2.05) is 13.8 Å². The van der Waals surface area contributed by atoms with Gasteiger partial charge in [0.15, 0.2) is 5.78 Å². The summed E-state index contributed by atoms with van der Waals surface area (Å²) in [6.07, 6.45) is 2.43. The van der Waals surface area contributed by atoms with Crippen LogP contribution in [0.4, 0.5) is 4.79 Å². The maximum absolute atomic E-state index is 13.1. The van der Waals surface area contributed by atoms with Crippen molar-refractivity contribution in [3.8, 4) is 0 Å². The first kappa shape index (κ1) is 25.1. The van der Waals surface area contributed by atoms with E-state index in [1.54, 1.807) is 43.3 Å². The molecule has 0 radical (unpaired) electrons. The Morgan fingerprint density at radius 1 is 1.16 bits per heavy atom. The molecule has 3 atom stereocenters. The van der Waals surface area contributed by atoms with Gasteiger partial charge < -0.3 is 9.47 Å². The van der Waals surface area contributed by atoms with Crippen molar-refractivity contribution in [2.45, 2.75) is 57.5 Å². The van der Waals surface area contributed by atoms with E-state index < -0.39 is 30.4 Å². The topological polar surface area (TPSA) is 76.1 Å². The molecule has 7 nitrogen and oxygen atoms in total. The van der Waals surface area contributed by atoms with E-state index >= 15 is 0 Å². The second kappa shape index (κ2) is 11.0. The van der Waals surface area contributed by atoms with Gasteiger partial charge in [-0.3, -0.25) is 19.4 Å². The van der Waals surface area contributed by atoms with Crippen LogP contribution in [-0.4, -0.2) is 61.6 Å². The third kappa shape index (κ3) is 5.39. The van der Waals surface area contributed by atoms with E-state index in [-0.39, 0.29) is 11.7 Å². The molecule has 1 aliphatic carbocycles. The normalized spacial score (nSPS) is 20.8. The second-order valence-electron chi connectivity index (χ2n) is 8.31. The monoisotopic (exact) mass is 452 g/mol. The molecule has 0 N–H and O–H groups in total. The van der Waals surface area contributed by atoms with Crippen molar-refractivity contribution in [2.75, 3.05) is 27.9 Å². The molecule has 1 amide bonds. The first-order chi connectivity index (χ1) is 14.7. The molecule has 0 aliphatic heterocycles. The lowest BCUT2D eigenvalue weighted by Gasteiger charge is -2.43. The fourth-order valence-corrected chi connectivity index (χ4v) is 4.57. The van der Waals surface area contributed by atoms with E-state index in [1.165, 1.54) is 11.9 Å². The first-order valence-electron chi connectivity index (χ1n) is 10.7. The summed E-state index contributed by atoms with van der Waals surface area (Å²) in [5, 5.41) is 0.422. The number of halogens is 1. The van der Waals surface area contributed by atoms with Gasteiger partial charge in [0, 0.05) is 24.1 Å². The summed E-state index contributed by atoms with van der Waals surface area (Å²) in [6, 6.07) is 6.61. The average Bonchev–Trinajstić information content (AvgIpc) is 2.74. The maximum Gasteiger partial charge on any atom is 0.413 e. The van der Waals surface area contributed by atoms with Gasteiger partial charge in [-0.2, -0.15) is 0 Å². The van der Waals surface area contributed by atoms with Crippen LogP contribution in [-0.2, 0) is 24.6 Å². The molecular formula is C23H33ClN2O5. The molecule has 1 aromatic rings. The van der Waals surface area contributed by atoms with Crippen LogP contribution >= 0.6 is 11.6 Å². The Balaban J connectivity index is 2.13. The van der Waals surface area contributed by atoms with Crippen LogP contribution in [0.2, 0.25) is 5.02 Å². The Labute approximate surface area is 189 Å². The van der Waals surface area contributed by atoms with Crippen LogP contribution in [0.25, 0.3) is 0 Å². The number of amides is 1. The molecule has 0 bridgehead atoms.